The molecule has 3 rings (SSSR count). The number of hydrogen-bond donors (Lipinski definition) is 0. The van der Waals surface area contributed by atoms with Gasteiger partial charge in [0.1, 0.15) is 17.5 Å². The van der Waals surface area contributed by atoms with Crippen LogP contribution in [-0.2, 0) is 16.6 Å². The van der Waals surface area contributed by atoms with E-state index in [4.69, 9.17) is 14.7 Å². The lowest BCUT2D eigenvalue weighted by Gasteiger charge is -2.01. The minimum Gasteiger partial charge on any atom is -0.497 e. The molecule has 1 aliphatic rings. The third-order valence-electron chi connectivity index (χ3n) is 3.94. The van der Waals surface area contributed by atoms with Crippen molar-refractivity contribution in [3.05, 3.63) is 58.5 Å². The SMILES string of the molecule is COc1ccc(C2=N/C(=C/c3cc(C#N)n(C)c3C)C(=O)O2)cc1. The number of carbonyl (C=O) groups is 1. The minimum atomic E-state index is -0.512. The molecule has 0 saturated heterocycles. The van der Waals surface area contributed by atoms with Crippen LogP contribution in [0.5, 0.6) is 5.75 Å². The van der Waals surface area contributed by atoms with Gasteiger partial charge in [-0.1, -0.05) is 0 Å². The monoisotopic (exact) mass is 321 g/mol. The Balaban J connectivity index is 1.95. The average molecular weight is 321 g/mol. The van der Waals surface area contributed by atoms with E-state index in [1.807, 2.05) is 6.92 Å². The zero-order valence-corrected chi connectivity index (χ0v) is 13.5. The Morgan fingerprint density at radius 2 is 2.04 bits per heavy atom. The van der Waals surface area contributed by atoms with Gasteiger partial charge in [0.15, 0.2) is 5.70 Å². The van der Waals surface area contributed by atoms with Gasteiger partial charge in [-0.05, 0) is 48.9 Å². The van der Waals surface area contributed by atoms with Crippen LogP contribution >= 0.6 is 0 Å². The number of carbonyl (C=O) groups excluding carboxylic acids is 1. The van der Waals surface area contributed by atoms with Crippen molar-refractivity contribution >= 4 is 17.9 Å². The molecule has 24 heavy (non-hydrogen) atoms. The van der Waals surface area contributed by atoms with E-state index < -0.39 is 5.97 Å². The van der Waals surface area contributed by atoms with Gasteiger partial charge in [0, 0.05) is 18.3 Å². The van der Waals surface area contributed by atoms with E-state index >= 15 is 0 Å². The molecule has 0 bridgehead atoms. The average Bonchev–Trinajstić information content (AvgIpc) is 3.10. The molecular formula is C18H15N3O3. The summed E-state index contributed by atoms with van der Waals surface area (Å²) in [6.07, 6.45) is 1.63. The molecule has 6 nitrogen and oxygen atoms in total. The van der Waals surface area contributed by atoms with Crippen LogP contribution in [0.1, 0.15) is 22.5 Å². The summed E-state index contributed by atoms with van der Waals surface area (Å²) in [6, 6.07) is 10.9. The van der Waals surface area contributed by atoms with Crippen LogP contribution in [0.15, 0.2) is 41.0 Å². The molecular weight excluding hydrogens is 306 g/mol. The number of aromatic nitrogens is 1. The first kappa shape index (κ1) is 15.6. The van der Waals surface area contributed by atoms with Crippen LogP contribution in [-0.4, -0.2) is 23.5 Å². The molecule has 120 valence electrons. The lowest BCUT2D eigenvalue weighted by atomic mass is 10.2. The zero-order valence-electron chi connectivity index (χ0n) is 13.5. The van der Waals surface area contributed by atoms with Gasteiger partial charge in [0.25, 0.3) is 0 Å². The highest BCUT2D eigenvalue weighted by Crippen LogP contribution is 2.23. The van der Waals surface area contributed by atoms with Gasteiger partial charge >= 0.3 is 5.97 Å². The smallest absolute Gasteiger partial charge is 0.363 e. The minimum absolute atomic E-state index is 0.207. The van der Waals surface area contributed by atoms with E-state index in [1.165, 1.54) is 0 Å². The topological polar surface area (TPSA) is 76.6 Å². The summed E-state index contributed by atoms with van der Waals surface area (Å²) in [4.78, 5) is 16.3. The van der Waals surface area contributed by atoms with Crippen LogP contribution in [0.2, 0.25) is 0 Å². The molecule has 0 saturated carbocycles. The highest BCUT2D eigenvalue weighted by Gasteiger charge is 2.24. The van der Waals surface area contributed by atoms with Gasteiger partial charge in [-0.3, -0.25) is 0 Å². The summed E-state index contributed by atoms with van der Waals surface area (Å²) in [6.45, 7) is 1.88. The molecule has 0 unspecified atom stereocenters. The van der Waals surface area contributed by atoms with Crippen molar-refractivity contribution in [3.63, 3.8) is 0 Å². The quantitative estimate of drug-likeness (QED) is 0.643. The number of benzene rings is 1. The van der Waals surface area contributed by atoms with Crippen molar-refractivity contribution in [2.45, 2.75) is 6.92 Å². The fourth-order valence-electron chi connectivity index (χ4n) is 2.39. The molecule has 0 amide bonds. The second kappa shape index (κ2) is 6.05. The first-order valence-electron chi connectivity index (χ1n) is 7.27. The van der Waals surface area contributed by atoms with Gasteiger partial charge in [0.05, 0.1) is 7.11 Å². The molecule has 1 aliphatic heterocycles. The Labute approximate surface area is 139 Å². The second-order valence-electron chi connectivity index (χ2n) is 5.31. The number of aliphatic imine (C=N–C) groups is 1. The number of ether oxygens (including phenoxy) is 2. The van der Waals surface area contributed by atoms with Crippen molar-refractivity contribution in [2.75, 3.05) is 7.11 Å². The predicted octanol–water partition coefficient (Wildman–Crippen LogP) is 2.56. The van der Waals surface area contributed by atoms with Crippen molar-refractivity contribution in [3.8, 4) is 11.8 Å². The summed E-state index contributed by atoms with van der Waals surface area (Å²) in [5, 5.41) is 9.08. The fraction of sp³-hybridized carbons (Fsp3) is 0.167. The van der Waals surface area contributed by atoms with Crippen LogP contribution < -0.4 is 4.74 Å². The van der Waals surface area contributed by atoms with Crippen molar-refractivity contribution in [2.24, 2.45) is 12.0 Å². The molecule has 0 atom stereocenters. The maximum Gasteiger partial charge on any atom is 0.363 e. The third-order valence-corrected chi connectivity index (χ3v) is 3.94. The molecule has 0 radical (unpaired) electrons. The number of esters is 1. The van der Waals surface area contributed by atoms with E-state index in [-0.39, 0.29) is 11.6 Å². The highest BCUT2D eigenvalue weighted by molar-refractivity contribution is 6.12. The van der Waals surface area contributed by atoms with Crippen LogP contribution in [0.4, 0.5) is 0 Å². The lowest BCUT2D eigenvalue weighted by Crippen LogP contribution is -2.05. The van der Waals surface area contributed by atoms with Gasteiger partial charge < -0.3 is 14.0 Å². The third kappa shape index (κ3) is 2.68. The predicted molar refractivity (Wildman–Crippen MR) is 88.5 cm³/mol. The van der Waals surface area contributed by atoms with Gasteiger partial charge in [-0.25, -0.2) is 9.79 Å². The summed E-state index contributed by atoms with van der Waals surface area (Å²) >= 11 is 0. The summed E-state index contributed by atoms with van der Waals surface area (Å²) < 4.78 is 12.1. The maximum absolute atomic E-state index is 12.1. The maximum atomic E-state index is 12.1. The molecule has 1 aromatic heterocycles. The largest absolute Gasteiger partial charge is 0.497 e. The Bertz CT molecular complexity index is 912. The number of nitriles is 1. The van der Waals surface area contributed by atoms with E-state index in [2.05, 4.69) is 11.1 Å². The summed E-state index contributed by atoms with van der Waals surface area (Å²) in [5.41, 5.74) is 3.06. The summed E-state index contributed by atoms with van der Waals surface area (Å²) in [7, 11) is 3.38. The number of nitrogens with zero attached hydrogens (tertiary/aromatic N) is 3. The number of methoxy groups -OCH3 is 1. The highest BCUT2D eigenvalue weighted by atomic mass is 16.6. The van der Waals surface area contributed by atoms with Crippen LogP contribution in [0, 0.1) is 18.3 Å². The second-order valence-corrected chi connectivity index (χ2v) is 5.31. The van der Waals surface area contributed by atoms with Gasteiger partial charge in [0.2, 0.25) is 5.90 Å². The Morgan fingerprint density at radius 3 is 2.62 bits per heavy atom. The lowest BCUT2D eigenvalue weighted by molar-refractivity contribution is -0.129. The molecule has 0 spiro atoms. The molecule has 0 fully saturated rings. The van der Waals surface area contributed by atoms with Crippen LogP contribution in [0.25, 0.3) is 6.08 Å². The molecule has 0 aliphatic carbocycles. The Morgan fingerprint density at radius 1 is 1.33 bits per heavy atom. The summed E-state index contributed by atoms with van der Waals surface area (Å²) in [5.74, 6) is 0.453. The van der Waals surface area contributed by atoms with E-state index in [0.29, 0.717) is 17.0 Å². The van der Waals surface area contributed by atoms with Crippen molar-refractivity contribution < 1.29 is 14.3 Å². The van der Waals surface area contributed by atoms with Crippen LogP contribution in [0.3, 0.4) is 0 Å². The molecule has 2 aromatic rings. The fourth-order valence-corrected chi connectivity index (χ4v) is 2.39. The molecule has 0 N–H and O–H groups in total. The van der Waals surface area contributed by atoms with E-state index in [0.717, 1.165) is 11.3 Å². The zero-order chi connectivity index (χ0) is 17.3. The first-order valence-corrected chi connectivity index (χ1v) is 7.27. The Kier molecular flexibility index (Phi) is 3.92. The van der Waals surface area contributed by atoms with E-state index in [9.17, 15) is 4.79 Å². The number of hydrogen-bond acceptors (Lipinski definition) is 5. The first-order chi connectivity index (χ1) is 11.5. The number of rotatable bonds is 3. The Hall–Kier alpha value is -3.33. The molecule has 2 heterocycles. The van der Waals surface area contributed by atoms with Crippen molar-refractivity contribution in [1.29, 1.82) is 5.26 Å². The van der Waals surface area contributed by atoms with Gasteiger partial charge in [-0.15, -0.1) is 0 Å². The number of cyclic esters (lactones) is 1. The molecule has 1 aromatic carbocycles. The van der Waals surface area contributed by atoms with Crippen molar-refractivity contribution in [1.82, 2.24) is 4.57 Å². The molecule has 6 heteroatoms. The normalized spacial score (nSPS) is 15.2. The standard InChI is InChI=1S/C18H15N3O3/c1-11-13(8-14(10-19)21(11)2)9-16-18(22)24-17(20-16)12-4-6-15(23-3)7-5-12/h4-9H,1-3H3/b16-9+. The van der Waals surface area contributed by atoms with Gasteiger partial charge in [-0.2, -0.15) is 5.26 Å². The van der Waals surface area contributed by atoms with E-state index in [1.54, 1.807) is 55.1 Å².